The Balaban J connectivity index is 1.23. The average Bonchev–Trinajstić information content (AvgIpc) is 3.56. The lowest BCUT2D eigenvalue weighted by Crippen LogP contribution is -2.40. The number of methoxy groups -OCH3 is 2. The van der Waals surface area contributed by atoms with Crippen molar-refractivity contribution in [3.63, 3.8) is 0 Å². The van der Waals surface area contributed by atoms with E-state index in [0.717, 1.165) is 33.8 Å². The number of nitrogens with one attached hydrogen (secondary N) is 1. The summed E-state index contributed by atoms with van der Waals surface area (Å²) in [6.45, 7) is 9.80. The number of aromatic amines is 1. The van der Waals surface area contributed by atoms with E-state index in [9.17, 15) is 14.2 Å². The Kier molecular flexibility index (Phi) is 14.6. The van der Waals surface area contributed by atoms with Gasteiger partial charge in [0, 0.05) is 23.7 Å². The molecular formula is C44H51N2O10PS2. The molecule has 0 spiro atoms. The molecule has 15 heteroatoms. The van der Waals surface area contributed by atoms with E-state index in [4.69, 9.17) is 32.7 Å². The SMILES string of the molecule is CC[C@H]1O[C@@H](n2ccc(=O)[nH]c2=O)[C@H](OCSSC(C)(C)C)[C@@H]1OP(C)(=O)Oc1ccc(COC(c2ccccc2)(c2ccc(OC)cc2)c2ccc(OC)cc2)cc1. The van der Waals surface area contributed by atoms with Gasteiger partial charge in [-0.1, -0.05) is 116 Å². The number of rotatable bonds is 18. The largest absolute Gasteiger partial charge is 0.497 e. The van der Waals surface area contributed by atoms with E-state index in [1.807, 2.05) is 97.9 Å². The van der Waals surface area contributed by atoms with Crippen LogP contribution in [-0.4, -0.2) is 59.4 Å². The van der Waals surface area contributed by atoms with Gasteiger partial charge in [0.1, 0.15) is 41.0 Å². The van der Waals surface area contributed by atoms with Gasteiger partial charge in [-0.15, -0.1) is 0 Å². The van der Waals surface area contributed by atoms with Gasteiger partial charge in [0.05, 0.1) is 26.9 Å². The molecule has 0 bridgehead atoms. The monoisotopic (exact) mass is 862 g/mol. The van der Waals surface area contributed by atoms with E-state index in [0.29, 0.717) is 12.2 Å². The molecule has 0 amide bonds. The Hall–Kier alpha value is -4.27. The van der Waals surface area contributed by atoms with E-state index in [2.05, 4.69) is 25.8 Å². The normalized spacial score (nSPS) is 19.2. The van der Waals surface area contributed by atoms with Crippen LogP contribution in [0.3, 0.4) is 0 Å². The summed E-state index contributed by atoms with van der Waals surface area (Å²) in [5, 5.41) is 0. The van der Waals surface area contributed by atoms with Crippen LogP contribution in [0.2, 0.25) is 0 Å². The number of H-pyrrole nitrogens is 1. The quantitative estimate of drug-likeness (QED) is 0.0296. The highest BCUT2D eigenvalue weighted by Crippen LogP contribution is 2.50. The highest BCUT2D eigenvalue weighted by Gasteiger charge is 2.49. The molecule has 1 aromatic heterocycles. The zero-order valence-electron chi connectivity index (χ0n) is 34.2. The Labute approximate surface area is 352 Å². The molecule has 5 atom stereocenters. The van der Waals surface area contributed by atoms with Crippen molar-refractivity contribution in [1.82, 2.24) is 9.55 Å². The number of nitrogens with zero attached hydrogens (tertiary/aromatic N) is 1. The second kappa shape index (κ2) is 19.4. The van der Waals surface area contributed by atoms with E-state index in [1.54, 1.807) is 37.1 Å². The van der Waals surface area contributed by atoms with Gasteiger partial charge in [-0.2, -0.15) is 0 Å². The lowest BCUT2D eigenvalue weighted by Gasteiger charge is -2.36. The lowest BCUT2D eigenvalue weighted by molar-refractivity contribution is -0.0573. The van der Waals surface area contributed by atoms with Crippen LogP contribution in [-0.2, 0) is 35.5 Å². The van der Waals surface area contributed by atoms with Gasteiger partial charge >= 0.3 is 13.3 Å². The van der Waals surface area contributed by atoms with Crippen molar-refractivity contribution in [2.45, 2.75) is 75.6 Å². The maximum absolute atomic E-state index is 14.1. The molecule has 0 radical (unpaired) electrons. The number of aromatic nitrogens is 2. The predicted molar refractivity (Wildman–Crippen MR) is 233 cm³/mol. The third kappa shape index (κ3) is 10.9. The molecule has 1 unspecified atom stereocenters. The Morgan fingerprint density at radius 1 is 0.780 bits per heavy atom. The molecule has 2 heterocycles. The van der Waals surface area contributed by atoms with Crippen LogP contribution in [0.5, 0.6) is 17.2 Å². The van der Waals surface area contributed by atoms with Gasteiger partial charge < -0.3 is 28.2 Å². The minimum atomic E-state index is -3.81. The van der Waals surface area contributed by atoms with Crippen molar-refractivity contribution < 1.29 is 37.3 Å². The van der Waals surface area contributed by atoms with Gasteiger partial charge in [0.2, 0.25) is 0 Å². The predicted octanol–water partition coefficient (Wildman–Crippen LogP) is 9.18. The van der Waals surface area contributed by atoms with Gasteiger partial charge in [0.15, 0.2) is 6.23 Å². The zero-order chi connectivity index (χ0) is 42.2. The molecule has 1 fully saturated rings. The van der Waals surface area contributed by atoms with E-state index in [1.165, 1.54) is 34.3 Å². The summed E-state index contributed by atoms with van der Waals surface area (Å²) in [6.07, 6.45) is -1.44. The molecule has 4 aromatic carbocycles. The Morgan fingerprint density at radius 3 is 1.90 bits per heavy atom. The number of benzene rings is 4. The summed E-state index contributed by atoms with van der Waals surface area (Å²) in [5.41, 5.74) is 1.38. The maximum Gasteiger partial charge on any atom is 0.376 e. The molecule has 1 aliphatic rings. The van der Waals surface area contributed by atoms with Crippen molar-refractivity contribution in [2.24, 2.45) is 0 Å². The summed E-state index contributed by atoms with van der Waals surface area (Å²) >= 11 is 0. The number of hydrogen-bond acceptors (Lipinski definition) is 12. The van der Waals surface area contributed by atoms with Crippen LogP contribution in [0, 0.1) is 0 Å². The van der Waals surface area contributed by atoms with Crippen molar-refractivity contribution in [3.8, 4) is 17.2 Å². The Morgan fingerprint density at radius 2 is 1.36 bits per heavy atom. The third-order valence-electron chi connectivity index (χ3n) is 9.57. The second-order valence-corrected chi connectivity index (χ2v) is 19.9. The van der Waals surface area contributed by atoms with E-state index in [-0.39, 0.29) is 17.3 Å². The van der Waals surface area contributed by atoms with Crippen molar-refractivity contribution in [1.29, 1.82) is 0 Å². The molecule has 1 N–H and O–H groups in total. The number of ether oxygens (including phenoxy) is 5. The lowest BCUT2D eigenvalue weighted by atomic mass is 9.80. The van der Waals surface area contributed by atoms with Crippen LogP contribution >= 0.6 is 29.2 Å². The van der Waals surface area contributed by atoms with Crippen molar-refractivity contribution in [2.75, 3.05) is 26.8 Å². The fourth-order valence-electron chi connectivity index (χ4n) is 6.85. The van der Waals surface area contributed by atoms with Gasteiger partial charge in [-0.3, -0.25) is 18.9 Å². The topological polar surface area (TPSA) is 137 Å². The summed E-state index contributed by atoms with van der Waals surface area (Å²) in [6, 6.07) is 34.1. The van der Waals surface area contributed by atoms with Gasteiger partial charge in [-0.25, -0.2) is 9.36 Å². The molecule has 0 saturated carbocycles. The molecule has 12 nitrogen and oxygen atoms in total. The van der Waals surface area contributed by atoms with E-state index < -0.39 is 49.0 Å². The van der Waals surface area contributed by atoms with Gasteiger partial charge in [0.25, 0.3) is 5.56 Å². The first-order valence-electron chi connectivity index (χ1n) is 19.2. The van der Waals surface area contributed by atoms with Crippen LogP contribution in [0.4, 0.5) is 0 Å². The highest BCUT2D eigenvalue weighted by atomic mass is 33.1. The molecule has 6 rings (SSSR count). The van der Waals surface area contributed by atoms with Crippen LogP contribution in [0.15, 0.2) is 125 Å². The van der Waals surface area contributed by atoms with Crippen LogP contribution in [0.25, 0.3) is 0 Å². The Bertz CT molecular complexity index is 2230. The first-order chi connectivity index (χ1) is 28.2. The molecular weight excluding hydrogens is 812 g/mol. The van der Waals surface area contributed by atoms with Crippen molar-refractivity contribution in [3.05, 3.63) is 158 Å². The standard InChI is InChI=1S/C44H51N2O10PS2/c1-8-37-39(40(52-29-58-59-43(2,3)4)41(54-37)46-27-26-38(47)45-42(46)48)56-57(7,49)55-36-20-14-30(15-21-36)28-53-44(31-12-10-9-11-13-31,32-16-22-34(50-5)23-17-32)33-18-24-35(51-6)25-19-33/h9-27,37,39-41H,8,28-29H2,1-7H3,(H,45,47,48)/t37-,39-,40-,41-,57?/m1/s1. The third-order valence-corrected chi connectivity index (χ3v) is 13.7. The minimum absolute atomic E-state index is 0.0238. The highest BCUT2D eigenvalue weighted by molar-refractivity contribution is 8.77. The van der Waals surface area contributed by atoms with Crippen LogP contribution in [0.1, 0.15) is 62.6 Å². The van der Waals surface area contributed by atoms with Gasteiger partial charge in [-0.05, 0) is 65.1 Å². The molecule has 5 aromatic rings. The van der Waals surface area contributed by atoms with E-state index >= 15 is 0 Å². The molecule has 1 aliphatic heterocycles. The fraction of sp³-hybridized carbons (Fsp3) is 0.364. The minimum Gasteiger partial charge on any atom is -0.497 e. The summed E-state index contributed by atoms with van der Waals surface area (Å²) in [7, 11) is 2.60. The zero-order valence-corrected chi connectivity index (χ0v) is 36.7. The average molecular weight is 863 g/mol. The molecule has 0 aliphatic carbocycles. The maximum atomic E-state index is 14.1. The molecule has 59 heavy (non-hydrogen) atoms. The second-order valence-electron chi connectivity index (χ2n) is 14.9. The van der Waals surface area contributed by atoms with Crippen molar-refractivity contribution >= 4 is 29.2 Å². The smallest absolute Gasteiger partial charge is 0.376 e. The molecule has 1 saturated heterocycles. The number of hydrogen-bond donors (Lipinski definition) is 1. The first-order valence-corrected chi connectivity index (χ1v) is 23.5. The summed E-state index contributed by atoms with van der Waals surface area (Å²) < 4.78 is 58.3. The fourth-order valence-corrected chi connectivity index (χ4v) is 10.1. The summed E-state index contributed by atoms with van der Waals surface area (Å²) in [4.78, 5) is 27.0. The van der Waals surface area contributed by atoms with Crippen LogP contribution < -0.4 is 25.2 Å². The summed E-state index contributed by atoms with van der Waals surface area (Å²) in [5.74, 6) is 2.02. The molecule has 314 valence electrons. The first kappa shape index (κ1) is 44.3.